The fourth-order valence-electron chi connectivity index (χ4n) is 5.93. The van der Waals surface area contributed by atoms with Crippen molar-refractivity contribution >= 4 is 60.9 Å². The zero-order valence-corrected chi connectivity index (χ0v) is 25.4. The molecule has 2 fully saturated rings. The Kier molecular flexibility index (Phi) is 8.05. The first-order valence-corrected chi connectivity index (χ1v) is 15.2. The number of amides is 1. The smallest absolute Gasteiger partial charge is 0.293 e. The Morgan fingerprint density at radius 3 is 2.37 bits per heavy atom. The van der Waals surface area contributed by atoms with E-state index in [2.05, 4.69) is 50.1 Å². The minimum atomic E-state index is -0.414. The van der Waals surface area contributed by atoms with Crippen LogP contribution in [0.15, 0.2) is 86.3 Å². The van der Waals surface area contributed by atoms with Gasteiger partial charge in [0.05, 0.1) is 29.9 Å². The number of benzene rings is 3. The second kappa shape index (κ2) is 11.9. The van der Waals surface area contributed by atoms with Crippen LogP contribution in [0.4, 0.5) is 11.4 Å². The summed E-state index contributed by atoms with van der Waals surface area (Å²) in [5, 5.41) is 18.6. The molecule has 0 bridgehead atoms. The largest absolute Gasteiger partial charge is 0.378 e. The summed E-state index contributed by atoms with van der Waals surface area (Å²) < 4.78 is 7.38. The molecule has 2 atom stereocenters. The average Bonchev–Trinajstić information content (AvgIpc) is 3.39. The van der Waals surface area contributed by atoms with E-state index in [4.69, 9.17) is 9.84 Å². The number of fused-ring (bicyclic) bond motifs is 1. The number of nitro benzene ring substituents is 1. The van der Waals surface area contributed by atoms with Crippen molar-refractivity contribution < 1.29 is 14.5 Å². The highest BCUT2D eigenvalue weighted by Gasteiger charge is 2.44. The molecule has 2 heterocycles. The zero-order valence-electron chi connectivity index (χ0n) is 22.2. The van der Waals surface area contributed by atoms with Crippen molar-refractivity contribution in [2.75, 3.05) is 31.2 Å². The van der Waals surface area contributed by atoms with Gasteiger partial charge < -0.3 is 9.64 Å². The third kappa shape index (κ3) is 5.73. The molecule has 10 heteroatoms. The lowest BCUT2D eigenvalue weighted by atomic mass is 9.77. The molecule has 3 aromatic rings. The summed E-state index contributed by atoms with van der Waals surface area (Å²) in [4.78, 5) is 27.8. The third-order valence-electron chi connectivity index (χ3n) is 7.90. The number of allylic oxidation sites excluding steroid dienone is 1. The van der Waals surface area contributed by atoms with Gasteiger partial charge in [0, 0.05) is 39.6 Å². The van der Waals surface area contributed by atoms with Crippen LogP contribution in [0.3, 0.4) is 0 Å². The third-order valence-corrected chi connectivity index (χ3v) is 8.96. The maximum absolute atomic E-state index is 14.1. The van der Waals surface area contributed by atoms with Crippen LogP contribution in [0, 0.1) is 16.0 Å². The normalized spacial score (nSPS) is 21.5. The molecule has 0 N–H and O–H groups in total. The monoisotopic (exact) mass is 678 g/mol. The first kappa shape index (κ1) is 27.8. The molecule has 0 radical (unpaired) electrons. The molecule has 1 amide bonds. The SMILES string of the molecule is O=C(c1ccc(N2CCOCC2)c([N+](=O)[O-])c1)N1N=C2/C(=C/c3ccc(Br)cc3)CCCC2C1c1ccc(Br)cc1. The standard InChI is InChI=1S/C31H28Br2N4O4/c32-24-9-4-20(5-10-24)18-22-2-1-3-26-29(22)34-36(30(26)21-6-11-25(33)12-7-21)31(38)23-8-13-27(28(19-23)37(39)40)35-14-16-41-17-15-35/h4-13,18-19,26,30H,1-3,14-17H2/b22-18+. The van der Waals surface area contributed by atoms with Gasteiger partial charge in [-0.2, -0.15) is 5.10 Å². The van der Waals surface area contributed by atoms with E-state index in [0.717, 1.165) is 50.6 Å². The van der Waals surface area contributed by atoms with Crippen molar-refractivity contribution in [3.05, 3.63) is 108 Å². The minimum absolute atomic E-state index is 0.0261. The van der Waals surface area contributed by atoms with Gasteiger partial charge >= 0.3 is 0 Å². The molecule has 6 rings (SSSR count). The topological polar surface area (TPSA) is 88.3 Å². The van der Waals surface area contributed by atoms with Crippen LogP contribution in [0.5, 0.6) is 0 Å². The molecular formula is C31H28Br2N4O4. The molecule has 3 aliphatic rings. The number of carbonyl (C=O) groups excluding carboxylic acids is 1. The van der Waals surface area contributed by atoms with Crippen molar-refractivity contribution in [3.8, 4) is 0 Å². The van der Waals surface area contributed by atoms with Gasteiger partial charge in [0.25, 0.3) is 11.6 Å². The van der Waals surface area contributed by atoms with Crippen LogP contribution in [0.1, 0.15) is 46.8 Å². The highest BCUT2D eigenvalue weighted by molar-refractivity contribution is 9.10. The maximum Gasteiger partial charge on any atom is 0.293 e. The van der Waals surface area contributed by atoms with Gasteiger partial charge in [0.15, 0.2) is 0 Å². The fraction of sp³-hybridized carbons (Fsp3) is 0.290. The van der Waals surface area contributed by atoms with Crippen LogP contribution in [-0.2, 0) is 4.74 Å². The summed E-state index contributed by atoms with van der Waals surface area (Å²) in [6.07, 6.45) is 4.92. The summed E-state index contributed by atoms with van der Waals surface area (Å²) >= 11 is 7.02. The molecule has 1 saturated heterocycles. The summed E-state index contributed by atoms with van der Waals surface area (Å²) in [6.45, 7) is 2.15. The first-order chi connectivity index (χ1) is 19.9. The van der Waals surface area contributed by atoms with E-state index in [1.807, 2.05) is 41.3 Å². The molecule has 210 valence electrons. The molecular weight excluding hydrogens is 652 g/mol. The Morgan fingerprint density at radius 2 is 1.68 bits per heavy atom. The number of carbonyl (C=O) groups is 1. The molecule has 8 nitrogen and oxygen atoms in total. The van der Waals surface area contributed by atoms with Crippen LogP contribution in [0.25, 0.3) is 6.08 Å². The second-order valence-electron chi connectivity index (χ2n) is 10.4. The van der Waals surface area contributed by atoms with Gasteiger partial charge in [0.2, 0.25) is 0 Å². The summed E-state index contributed by atoms with van der Waals surface area (Å²) in [5.41, 5.74) is 4.76. The average molecular weight is 680 g/mol. The number of hydrogen-bond donors (Lipinski definition) is 0. The van der Waals surface area contributed by atoms with Gasteiger partial charge in [-0.15, -0.1) is 0 Å². The number of hydrogen-bond acceptors (Lipinski definition) is 6. The molecule has 3 aromatic carbocycles. The second-order valence-corrected chi connectivity index (χ2v) is 12.2. The first-order valence-electron chi connectivity index (χ1n) is 13.6. The number of halogens is 2. The Hall–Kier alpha value is -3.34. The summed E-state index contributed by atoms with van der Waals surface area (Å²) in [7, 11) is 0. The molecule has 2 unspecified atom stereocenters. The van der Waals surface area contributed by atoms with E-state index in [-0.39, 0.29) is 29.1 Å². The van der Waals surface area contributed by atoms with Crippen LogP contribution in [-0.4, -0.2) is 47.9 Å². The Bertz CT molecular complexity index is 1530. The fourth-order valence-corrected chi connectivity index (χ4v) is 6.46. The zero-order chi connectivity index (χ0) is 28.5. The highest BCUT2D eigenvalue weighted by atomic mass is 79.9. The van der Waals surface area contributed by atoms with Crippen molar-refractivity contribution in [2.45, 2.75) is 25.3 Å². The lowest BCUT2D eigenvalue weighted by Crippen LogP contribution is -2.36. The van der Waals surface area contributed by atoms with Gasteiger partial charge in [-0.1, -0.05) is 56.1 Å². The van der Waals surface area contributed by atoms with Crippen molar-refractivity contribution in [1.29, 1.82) is 0 Å². The number of nitrogens with zero attached hydrogens (tertiary/aromatic N) is 4. The van der Waals surface area contributed by atoms with Crippen LogP contribution >= 0.6 is 31.9 Å². The predicted molar refractivity (Wildman–Crippen MR) is 166 cm³/mol. The summed E-state index contributed by atoms with van der Waals surface area (Å²) in [5.74, 6) is -0.322. The molecule has 0 aromatic heterocycles. The molecule has 0 spiro atoms. The quantitative estimate of drug-likeness (QED) is 0.207. The van der Waals surface area contributed by atoms with Gasteiger partial charge in [-0.05, 0) is 78.4 Å². The van der Waals surface area contributed by atoms with Gasteiger partial charge in [-0.25, -0.2) is 5.01 Å². The number of ether oxygens (including phenoxy) is 1. The molecule has 2 aliphatic heterocycles. The Balaban J connectivity index is 1.40. The minimum Gasteiger partial charge on any atom is -0.378 e. The molecule has 1 saturated carbocycles. The van der Waals surface area contributed by atoms with Crippen molar-refractivity contribution in [2.24, 2.45) is 11.0 Å². The van der Waals surface area contributed by atoms with Crippen molar-refractivity contribution in [1.82, 2.24) is 5.01 Å². The summed E-state index contributed by atoms with van der Waals surface area (Å²) in [6, 6.07) is 20.6. The number of morpholine rings is 1. The Morgan fingerprint density at radius 1 is 1.00 bits per heavy atom. The van der Waals surface area contributed by atoms with E-state index < -0.39 is 4.92 Å². The number of rotatable bonds is 5. The predicted octanol–water partition coefficient (Wildman–Crippen LogP) is 7.39. The lowest BCUT2D eigenvalue weighted by molar-refractivity contribution is -0.384. The maximum atomic E-state index is 14.1. The molecule has 1 aliphatic carbocycles. The number of nitro groups is 1. The van der Waals surface area contributed by atoms with E-state index in [1.54, 1.807) is 17.1 Å². The molecule has 41 heavy (non-hydrogen) atoms. The Labute approximate surface area is 255 Å². The van der Waals surface area contributed by atoms with E-state index in [0.29, 0.717) is 32.0 Å². The van der Waals surface area contributed by atoms with Gasteiger partial charge in [0.1, 0.15) is 5.69 Å². The van der Waals surface area contributed by atoms with Gasteiger partial charge in [-0.3, -0.25) is 14.9 Å². The van der Waals surface area contributed by atoms with E-state index >= 15 is 0 Å². The van der Waals surface area contributed by atoms with E-state index in [9.17, 15) is 14.9 Å². The lowest BCUT2D eigenvalue weighted by Gasteiger charge is -2.30. The van der Waals surface area contributed by atoms with Crippen LogP contribution < -0.4 is 4.90 Å². The van der Waals surface area contributed by atoms with Crippen LogP contribution in [0.2, 0.25) is 0 Å². The number of anilines is 1. The van der Waals surface area contributed by atoms with E-state index in [1.165, 1.54) is 6.07 Å². The van der Waals surface area contributed by atoms with Crippen molar-refractivity contribution in [3.63, 3.8) is 0 Å². The number of hydrazone groups is 1. The highest BCUT2D eigenvalue weighted by Crippen LogP contribution is 2.45.